The van der Waals surface area contributed by atoms with Crippen LogP contribution in [0.5, 0.6) is 0 Å². The maximum Gasteiger partial charge on any atom is 0.417 e. The van der Waals surface area contributed by atoms with Gasteiger partial charge in [-0.25, -0.2) is 0 Å². The fraction of sp³-hybridized carbons (Fsp3) is 0.462. The van der Waals surface area contributed by atoms with Crippen LogP contribution in [0.25, 0.3) is 0 Å². The summed E-state index contributed by atoms with van der Waals surface area (Å²) in [6.45, 7) is 1.13. The molecule has 0 amide bonds. The Kier molecular flexibility index (Phi) is 3.67. The number of ether oxygens (including phenoxy) is 1. The van der Waals surface area contributed by atoms with E-state index in [0.717, 1.165) is 12.5 Å². The Morgan fingerprint density at radius 1 is 1.42 bits per heavy atom. The SMILES string of the molecule is CN(c1ccc(C#N)c(C(F)(F)F)c1)C1CCOC1. The molecule has 1 heterocycles. The topological polar surface area (TPSA) is 36.3 Å². The van der Waals surface area contributed by atoms with Crippen LogP contribution >= 0.6 is 0 Å². The van der Waals surface area contributed by atoms with E-state index in [-0.39, 0.29) is 11.6 Å². The molecule has 1 saturated heterocycles. The van der Waals surface area contributed by atoms with Crippen molar-refractivity contribution in [1.29, 1.82) is 5.26 Å². The highest BCUT2D eigenvalue weighted by atomic mass is 19.4. The van der Waals surface area contributed by atoms with Gasteiger partial charge in [-0.2, -0.15) is 18.4 Å². The Morgan fingerprint density at radius 3 is 2.68 bits per heavy atom. The van der Waals surface area contributed by atoms with Crippen LogP contribution in [0, 0.1) is 11.3 Å². The molecule has 0 spiro atoms. The van der Waals surface area contributed by atoms with Crippen LogP contribution in [0.4, 0.5) is 18.9 Å². The van der Waals surface area contributed by atoms with E-state index in [4.69, 9.17) is 10.00 Å². The van der Waals surface area contributed by atoms with Crippen molar-refractivity contribution in [3.05, 3.63) is 29.3 Å². The van der Waals surface area contributed by atoms with Crippen LogP contribution in [0.3, 0.4) is 0 Å². The van der Waals surface area contributed by atoms with Gasteiger partial charge < -0.3 is 9.64 Å². The van der Waals surface area contributed by atoms with E-state index in [0.29, 0.717) is 18.9 Å². The molecule has 1 aromatic carbocycles. The third-order valence-electron chi connectivity index (χ3n) is 3.29. The number of nitriles is 1. The molecular formula is C13H13F3N2O. The van der Waals surface area contributed by atoms with Crippen molar-refractivity contribution < 1.29 is 17.9 Å². The first kappa shape index (κ1) is 13.7. The molecule has 19 heavy (non-hydrogen) atoms. The summed E-state index contributed by atoms with van der Waals surface area (Å²) in [5.41, 5.74) is -0.799. The van der Waals surface area contributed by atoms with Gasteiger partial charge in [0.15, 0.2) is 0 Å². The van der Waals surface area contributed by atoms with Crippen molar-refractivity contribution in [3.63, 3.8) is 0 Å². The number of anilines is 1. The van der Waals surface area contributed by atoms with Crippen molar-refractivity contribution in [1.82, 2.24) is 0 Å². The Morgan fingerprint density at radius 2 is 2.16 bits per heavy atom. The molecule has 0 aliphatic carbocycles. The second kappa shape index (κ2) is 5.10. The Hall–Kier alpha value is -1.74. The van der Waals surface area contributed by atoms with Gasteiger partial charge in [-0.3, -0.25) is 0 Å². The first-order valence-corrected chi connectivity index (χ1v) is 5.85. The summed E-state index contributed by atoms with van der Waals surface area (Å²) >= 11 is 0. The number of halogens is 3. The largest absolute Gasteiger partial charge is 0.417 e. The fourth-order valence-electron chi connectivity index (χ4n) is 2.12. The number of likely N-dealkylation sites (N-methyl/N-ethyl adjacent to an activating group) is 1. The first-order chi connectivity index (χ1) is 8.93. The molecule has 0 aromatic heterocycles. The molecule has 2 rings (SSSR count). The van der Waals surface area contributed by atoms with Gasteiger partial charge in [0.25, 0.3) is 0 Å². The van der Waals surface area contributed by atoms with Gasteiger partial charge in [0.05, 0.1) is 29.8 Å². The van der Waals surface area contributed by atoms with Gasteiger partial charge in [-0.15, -0.1) is 0 Å². The summed E-state index contributed by atoms with van der Waals surface area (Å²) in [7, 11) is 1.74. The minimum atomic E-state index is -4.52. The van der Waals surface area contributed by atoms with E-state index in [1.807, 2.05) is 0 Å². The smallest absolute Gasteiger partial charge is 0.379 e. The molecule has 1 aliphatic rings. The quantitative estimate of drug-likeness (QED) is 0.829. The van der Waals surface area contributed by atoms with Crippen LogP contribution in [-0.2, 0) is 10.9 Å². The molecule has 1 atom stereocenters. The van der Waals surface area contributed by atoms with Crippen molar-refractivity contribution in [2.24, 2.45) is 0 Å². The molecule has 0 saturated carbocycles. The molecule has 1 fully saturated rings. The fourth-order valence-corrected chi connectivity index (χ4v) is 2.12. The van der Waals surface area contributed by atoms with E-state index in [1.165, 1.54) is 12.1 Å². The van der Waals surface area contributed by atoms with Crippen molar-refractivity contribution in [2.45, 2.75) is 18.6 Å². The van der Waals surface area contributed by atoms with E-state index < -0.39 is 11.7 Å². The maximum atomic E-state index is 12.9. The molecule has 1 aromatic rings. The number of benzene rings is 1. The summed E-state index contributed by atoms with van der Waals surface area (Å²) in [4.78, 5) is 1.77. The van der Waals surface area contributed by atoms with Crippen molar-refractivity contribution in [3.8, 4) is 6.07 Å². The summed E-state index contributed by atoms with van der Waals surface area (Å²) in [5, 5.41) is 8.74. The highest BCUT2D eigenvalue weighted by molar-refractivity contribution is 5.55. The summed E-state index contributed by atoms with van der Waals surface area (Å²) < 4.78 is 43.8. The van der Waals surface area contributed by atoms with Crippen LogP contribution in [0.15, 0.2) is 18.2 Å². The lowest BCUT2D eigenvalue weighted by atomic mass is 10.1. The van der Waals surface area contributed by atoms with E-state index in [9.17, 15) is 13.2 Å². The Bertz CT molecular complexity index is 502. The predicted molar refractivity (Wildman–Crippen MR) is 63.8 cm³/mol. The van der Waals surface area contributed by atoms with E-state index in [2.05, 4.69) is 0 Å². The van der Waals surface area contributed by atoms with E-state index >= 15 is 0 Å². The zero-order chi connectivity index (χ0) is 14.0. The van der Waals surface area contributed by atoms with E-state index in [1.54, 1.807) is 18.0 Å². The minimum absolute atomic E-state index is 0.0778. The third-order valence-corrected chi connectivity index (χ3v) is 3.29. The van der Waals surface area contributed by atoms with Gasteiger partial charge >= 0.3 is 6.18 Å². The van der Waals surface area contributed by atoms with Gasteiger partial charge in [-0.05, 0) is 24.6 Å². The number of nitrogens with zero attached hydrogens (tertiary/aromatic N) is 2. The lowest BCUT2D eigenvalue weighted by molar-refractivity contribution is -0.137. The van der Waals surface area contributed by atoms with Gasteiger partial charge in [0.2, 0.25) is 0 Å². The van der Waals surface area contributed by atoms with Gasteiger partial charge in [0.1, 0.15) is 0 Å². The molecule has 6 heteroatoms. The number of rotatable bonds is 2. The highest BCUT2D eigenvalue weighted by Gasteiger charge is 2.34. The highest BCUT2D eigenvalue weighted by Crippen LogP contribution is 2.34. The Balaban J connectivity index is 2.35. The number of alkyl halides is 3. The minimum Gasteiger partial charge on any atom is -0.379 e. The van der Waals surface area contributed by atoms with Crippen LogP contribution in [-0.4, -0.2) is 26.3 Å². The summed E-state index contributed by atoms with van der Waals surface area (Å²) in [5.74, 6) is 0. The lowest BCUT2D eigenvalue weighted by Crippen LogP contribution is -2.32. The zero-order valence-corrected chi connectivity index (χ0v) is 10.4. The van der Waals surface area contributed by atoms with Crippen LogP contribution < -0.4 is 4.90 Å². The molecule has 102 valence electrons. The Labute approximate surface area is 109 Å². The molecule has 3 nitrogen and oxygen atoms in total. The second-order valence-electron chi connectivity index (χ2n) is 4.47. The number of hydrogen-bond donors (Lipinski definition) is 0. The van der Waals surface area contributed by atoms with Crippen molar-refractivity contribution >= 4 is 5.69 Å². The molecule has 0 bridgehead atoms. The molecule has 1 unspecified atom stereocenters. The van der Waals surface area contributed by atoms with Crippen molar-refractivity contribution in [2.75, 3.05) is 25.2 Å². The van der Waals surface area contributed by atoms with Crippen LogP contribution in [0.1, 0.15) is 17.5 Å². The third kappa shape index (κ3) is 2.82. The normalized spacial score (nSPS) is 19.2. The number of hydrogen-bond acceptors (Lipinski definition) is 3. The lowest BCUT2D eigenvalue weighted by Gasteiger charge is -2.26. The monoisotopic (exact) mass is 270 g/mol. The second-order valence-corrected chi connectivity index (χ2v) is 4.47. The summed E-state index contributed by atoms with van der Waals surface area (Å²) in [6, 6.07) is 5.42. The first-order valence-electron chi connectivity index (χ1n) is 5.85. The maximum absolute atomic E-state index is 12.9. The zero-order valence-electron chi connectivity index (χ0n) is 10.4. The van der Waals surface area contributed by atoms with Gasteiger partial charge in [-0.1, -0.05) is 0 Å². The average Bonchev–Trinajstić information content (AvgIpc) is 2.90. The standard InChI is InChI=1S/C13H13F3N2O/c1-18(11-4-5-19-8-11)10-3-2-9(7-17)12(6-10)13(14,15)16/h2-3,6,11H,4-5,8H2,1H3. The molecule has 0 N–H and O–H groups in total. The van der Waals surface area contributed by atoms with Gasteiger partial charge in [0, 0.05) is 19.3 Å². The summed E-state index contributed by atoms with van der Waals surface area (Å²) in [6.07, 6.45) is -3.73. The van der Waals surface area contributed by atoms with Crippen LogP contribution in [0.2, 0.25) is 0 Å². The average molecular weight is 270 g/mol. The predicted octanol–water partition coefficient (Wildman–Crippen LogP) is 2.80. The molecule has 1 aliphatic heterocycles. The molecular weight excluding hydrogens is 257 g/mol. The molecule has 0 radical (unpaired) electrons.